The Labute approximate surface area is 94.5 Å². The van der Waals surface area contributed by atoms with Gasteiger partial charge in [0.1, 0.15) is 0 Å². The van der Waals surface area contributed by atoms with Crippen molar-refractivity contribution in [3.05, 3.63) is 11.6 Å². The maximum Gasteiger partial charge on any atom is 0.0192 e. The van der Waals surface area contributed by atoms with Gasteiger partial charge in [-0.1, -0.05) is 25.5 Å². The average molecular weight is 207 g/mol. The van der Waals surface area contributed by atoms with Gasteiger partial charge >= 0.3 is 0 Å². The molecule has 1 saturated heterocycles. The highest BCUT2D eigenvalue weighted by Crippen LogP contribution is 2.25. The van der Waals surface area contributed by atoms with Crippen LogP contribution in [0.5, 0.6) is 0 Å². The van der Waals surface area contributed by atoms with E-state index in [0.29, 0.717) is 0 Å². The molecule has 0 radical (unpaired) electrons. The van der Waals surface area contributed by atoms with Gasteiger partial charge in [0.2, 0.25) is 0 Å². The predicted molar refractivity (Wildman–Crippen MR) is 65.9 cm³/mol. The van der Waals surface area contributed by atoms with E-state index in [-0.39, 0.29) is 0 Å². The van der Waals surface area contributed by atoms with Crippen LogP contribution >= 0.6 is 0 Å². The molecule has 0 N–H and O–H groups in total. The molecular weight excluding hydrogens is 182 g/mol. The Kier molecular flexibility index (Phi) is 3.85. The summed E-state index contributed by atoms with van der Waals surface area (Å²) in [7, 11) is 0. The summed E-state index contributed by atoms with van der Waals surface area (Å²) in [6.45, 7) is 8.70. The van der Waals surface area contributed by atoms with Gasteiger partial charge < -0.3 is 0 Å². The minimum Gasteiger partial charge on any atom is -0.299 e. The number of likely N-dealkylation sites (tertiary alicyclic amines) is 1. The molecule has 15 heavy (non-hydrogen) atoms. The van der Waals surface area contributed by atoms with Crippen LogP contribution in [0, 0.1) is 11.8 Å². The molecule has 0 saturated carbocycles. The van der Waals surface area contributed by atoms with Gasteiger partial charge in [-0.05, 0) is 57.0 Å². The first kappa shape index (κ1) is 11.2. The lowest BCUT2D eigenvalue weighted by Crippen LogP contribution is -2.34. The second kappa shape index (κ2) is 5.16. The molecule has 1 fully saturated rings. The zero-order valence-electron chi connectivity index (χ0n) is 10.3. The number of allylic oxidation sites excluding steroid dienone is 1. The molecule has 1 heterocycles. The summed E-state index contributed by atoms with van der Waals surface area (Å²) < 4.78 is 0. The highest BCUT2D eigenvalue weighted by molar-refractivity contribution is 5.08. The number of hydrogen-bond acceptors (Lipinski definition) is 1. The van der Waals surface area contributed by atoms with E-state index in [9.17, 15) is 0 Å². The highest BCUT2D eigenvalue weighted by Gasteiger charge is 2.18. The molecule has 2 rings (SSSR count). The summed E-state index contributed by atoms with van der Waals surface area (Å²) in [4.78, 5) is 2.66. The Morgan fingerprint density at radius 3 is 2.53 bits per heavy atom. The zero-order chi connectivity index (χ0) is 10.7. The van der Waals surface area contributed by atoms with E-state index >= 15 is 0 Å². The molecule has 0 aromatic carbocycles. The molecule has 0 amide bonds. The number of piperidine rings is 1. The normalized spacial score (nSPS) is 30.3. The number of hydrogen-bond donors (Lipinski definition) is 0. The topological polar surface area (TPSA) is 3.24 Å². The monoisotopic (exact) mass is 207 g/mol. The van der Waals surface area contributed by atoms with Crippen molar-refractivity contribution < 1.29 is 0 Å². The first-order valence-electron chi connectivity index (χ1n) is 6.64. The van der Waals surface area contributed by atoms with Crippen LogP contribution in [0.25, 0.3) is 0 Å². The van der Waals surface area contributed by atoms with Gasteiger partial charge in [0.15, 0.2) is 0 Å². The van der Waals surface area contributed by atoms with E-state index in [1.807, 2.05) is 0 Å². The van der Waals surface area contributed by atoms with E-state index in [2.05, 4.69) is 24.8 Å². The van der Waals surface area contributed by atoms with Crippen LogP contribution < -0.4 is 0 Å². The summed E-state index contributed by atoms with van der Waals surface area (Å²) in [5, 5.41) is 0. The van der Waals surface area contributed by atoms with E-state index < -0.39 is 0 Å². The van der Waals surface area contributed by atoms with Crippen molar-refractivity contribution in [2.75, 3.05) is 19.6 Å². The standard InChI is InChI=1S/C14H25N/c1-12-6-8-15(9-7-12)11-14-5-3-4-13(2)10-14/h5,12-13H,3-4,6-11H2,1-2H3. The molecule has 1 unspecified atom stereocenters. The van der Waals surface area contributed by atoms with Crippen molar-refractivity contribution in [2.24, 2.45) is 11.8 Å². The summed E-state index contributed by atoms with van der Waals surface area (Å²) in [6, 6.07) is 0. The maximum atomic E-state index is 2.66. The Hall–Kier alpha value is -0.300. The van der Waals surface area contributed by atoms with Crippen molar-refractivity contribution in [3.63, 3.8) is 0 Å². The third kappa shape index (κ3) is 3.34. The Morgan fingerprint density at radius 2 is 1.87 bits per heavy atom. The van der Waals surface area contributed by atoms with Gasteiger partial charge in [0.25, 0.3) is 0 Å². The Morgan fingerprint density at radius 1 is 1.13 bits per heavy atom. The van der Waals surface area contributed by atoms with Crippen molar-refractivity contribution in [1.29, 1.82) is 0 Å². The minimum atomic E-state index is 0.925. The van der Waals surface area contributed by atoms with Crippen molar-refractivity contribution >= 4 is 0 Å². The lowest BCUT2D eigenvalue weighted by molar-refractivity contribution is 0.202. The first-order chi connectivity index (χ1) is 7.24. The van der Waals surface area contributed by atoms with Crippen LogP contribution in [0.3, 0.4) is 0 Å². The summed E-state index contributed by atoms with van der Waals surface area (Å²) in [6.07, 6.45) is 9.39. The van der Waals surface area contributed by atoms with Gasteiger partial charge in [-0.25, -0.2) is 0 Å². The quantitative estimate of drug-likeness (QED) is 0.627. The second-order valence-electron chi connectivity index (χ2n) is 5.71. The van der Waals surface area contributed by atoms with Crippen molar-refractivity contribution in [3.8, 4) is 0 Å². The van der Waals surface area contributed by atoms with Gasteiger partial charge in [0, 0.05) is 6.54 Å². The summed E-state index contributed by atoms with van der Waals surface area (Å²) in [5.74, 6) is 1.88. The van der Waals surface area contributed by atoms with E-state index in [1.165, 1.54) is 51.7 Å². The molecule has 1 atom stereocenters. The van der Waals surface area contributed by atoms with Crippen LogP contribution in [0.1, 0.15) is 46.0 Å². The fourth-order valence-corrected chi connectivity index (χ4v) is 2.84. The highest BCUT2D eigenvalue weighted by atomic mass is 15.1. The summed E-state index contributed by atoms with van der Waals surface area (Å²) >= 11 is 0. The molecule has 0 aromatic rings. The third-order valence-corrected chi connectivity index (χ3v) is 4.01. The molecule has 0 aromatic heterocycles. The van der Waals surface area contributed by atoms with Gasteiger partial charge in [-0.2, -0.15) is 0 Å². The van der Waals surface area contributed by atoms with E-state index in [0.717, 1.165) is 11.8 Å². The fraction of sp³-hybridized carbons (Fsp3) is 0.857. The van der Waals surface area contributed by atoms with Crippen molar-refractivity contribution in [1.82, 2.24) is 4.90 Å². The van der Waals surface area contributed by atoms with Crippen LogP contribution in [0.2, 0.25) is 0 Å². The molecule has 86 valence electrons. The summed E-state index contributed by atoms with van der Waals surface area (Å²) in [5.41, 5.74) is 1.71. The Bertz CT molecular complexity index is 223. The molecule has 1 nitrogen and oxygen atoms in total. The van der Waals surface area contributed by atoms with E-state index in [4.69, 9.17) is 0 Å². The molecule has 2 aliphatic rings. The second-order valence-corrected chi connectivity index (χ2v) is 5.71. The van der Waals surface area contributed by atoms with Crippen molar-refractivity contribution in [2.45, 2.75) is 46.0 Å². The molecule has 0 bridgehead atoms. The average Bonchev–Trinajstić information content (AvgIpc) is 2.22. The molecule has 1 aliphatic carbocycles. The molecule has 1 heteroatoms. The first-order valence-corrected chi connectivity index (χ1v) is 6.64. The maximum absolute atomic E-state index is 2.66. The molecule has 0 spiro atoms. The lowest BCUT2D eigenvalue weighted by atomic mass is 9.89. The van der Waals surface area contributed by atoms with Gasteiger partial charge in [-0.15, -0.1) is 0 Å². The van der Waals surface area contributed by atoms with Crippen LogP contribution in [-0.4, -0.2) is 24.5 Å². The van der Waals surface area contributed by atoms with Gasteiger partial charge in [-0.3, -0.25) is 4.90 Å². The van der Waals surface area contributed by atoms with Crippen LogP contribution in [-0.2, 0) is 0 Å². The molecular formula is C14H25N. The van der Waals surface area contributed by atoms with E-state index in [1.54, 1.807) is 5.57 Å². The predicted octanol–water partition coefficient (Wildman–Crippen LogP) is 3.46. The number of nitrogens with zero attached hydrogens (tertiary/aromatic N) is 1. The SMILES string of the molecule is CC1CCN(CC2=CCCC(C)C2)CC1. The van der Waals surface area contributed by atoms with Crippen LogP contribution in [0.4, 0.5) is 0 Å². The smallest absolute Gasteiger partial charge is 0.0192 e. The zero-order valence-corrected chi connectivity index (χ0v) is 10.3. The van der Waals surface area contributed by atoms with Gasteiger partial charge in [0.05, 0.1) is 0 Å². The molecule has 1 aliphatic heterocycles. The number of rotatable bonds is 2. The van der Waals surface area contributed by atoms with Crippen LogP contribution in [0.15, 0.2) is 11.6 Å². The fourth-order valence-electron chi connectivity index (χ4n) is 2.84. The lowest BCUT2D eigenvalue weighted by Gasteiger charge is -2.32. The minimum absolute atomic E-state index is 0.925. The largest absolute Gasteiger partial charge is 0.299 e. The third-order valence-electron chi connectivity index (χ3n) is 4.01. The Balaban J connectivity index is 1.79.